The average Bonchev–Trinajstić information content (AvgIpc) is 3.13. The second-order valence-corrected chi connectivity index (χ2v) is 5.83. The number of nitrogens with one attached hydrogen (secondary N) is 1. The summed E-state index contributed by atoms with van der Waals surface area (Å²) in [6.07, 6.45) is 4.77. The lowest BCUT2D eigenvalue weighted by atomic mass is 9.98. The summed E-state index contributed by atoms with van der Waals surface area (Å²) in [5.41, 5.74) is 4.97. The quantitative estimate of drug-likeness (QED) is 0.706. The Hall–Kier alpha value is -0.650. The van der Waals surface area contributed by atoms with Crippen molar-refractivity contribution in [2.75, 3.05) is 26.7 Å². The number of carbonyl (C=O) groups is 1. The summed E-state index contributed by atoms with van der Waals surface area (Å²) in [5, 5.41) is 3.39. The summed E-state index contributed by atoms with van der Waals surface area (Å²) in [7, 11) is 1.77. The molecule has 1 aliphatic heterocycles. The highest BCUT2D eigenvalue weighted by Gasteiger charge is 2.38. The van der Waals surface area contributed by atoms with E-state index >= 15 is 0 Å². The molecule has 0 bridgehead atoms. The molecule has 2 fully saturated rings. The van der Waals surface area contributed by atoms with E-state index in [1.54, 1.807) is 7.11 Å². The lowest BCUT2D eigenvalue weighted by molar-refractivity contribution is -0.125. The maximum absolute atomic E-state index is 11.7. The van der Waals surface area contributed by atoms with Gasteiger partial charge in [-0.25, -0.2) is 0 Å². The summed E-state index contributed by atoms with van der Waals surface area (Å²) in [4.78, 5) is 14.0. The minimum atomic E-state index is -0.596. The van der Waals surface area contributed by atoms with E-state index in [1.807, 2.05) is 6.92 Å². The molecule has 104 valence electrons. The largest absolute Gasteiger partial charge is 0.381 e. The van der Waals surface area contributed by atoms with Crippen molar-refractivity contribution in [2.45, 2.75) is 50.3 Å². The number of piperidine rings is 1. The molecule has 3 N–H and O–H groups in total. The number of amides is 1. The van der Waals surface area contributed by atoms with E-state index in [2.05, 4.69) is 10.2 Å². The fraction of sp³-hybridized carbons (Fsp3) is 0.923. The number of carbonyl (C=O) groups excluding carboxylic acids is 1. The Morgan fingerprint density at radius 2 is 2.00 bits per heavy atom. The Labute approximate surface area is 109 Å². The van der Waals surface area contributed by atoms with Gasteiger partial charge < -0.3 is 15.4 Å². The number of rotatable bonds is 6. The van der Waals surface area contributed by atoms with Crippen molar-refractivity contribution in [3.63, 3.8) is 0 Å². The van der Waals surface area contributed by atoms with Gasteiger partial charge in [-0.05, 0) is 32.6 Å². The highest BCUT2D eigenvalue weighted by molar-refractivity contribution is 5.84. The first-order chi connectivity index (χ1) is 8.53. The van der Waals surface area contributed by atoms with Crippen LogP contribution in [0.5, 0.6) is 0 Å². The summed E-state index contributed by atoms with van der Waals surface area (Å²) in [5.74, 6) is -0.247. The van der Waals surface area contributed by atoms with Crippen LogP contribution in [0.2, 0.25) is 0 Å². The predicted molar refractivity (Wildman–Crippen MR) is 70.2 cm³/mol. The second kappa shape index (κ2) is 5.55. The molecule has 2 rings (SSSR count). The fourth-order valence-corrected chi connectivity index (χ4v) is 2.62. The Kier molecular flexibility index (Phi) is 4.25. The maximum Gasteiger partial charge on any atom is 0.238 e. The van der Waals surface area contributed by atoms with Crippen molar-refractivity contribution in [1.82, 2.24) is 10.2 Å². The van der Waals surface area contributed by atoms with E-state index in [0.717, 1.165) is 38.8 Å². The van der Waals surface area contributed by atoms with Crippen LogP contribution in [0.15, 0.2) is 0 Å². The summed E-state index contributed by atoms with van der Waals surface area (Å²) >= 11 is 0. The molecule has 1 unspecified atom stereocenters. The van der Waals surface area contributed by atoms with Gasteiger partial charge in [0.25, 0.3) is 0 Å². The number of primary amides is 1. The van der Waals surface area contributed by atoms with Crippen molar-refractivity contribution in [1.29, 1.82) is 0 Å². The monoisotopic (exact) mass is 255 g/mol. The molecule has 1 saturated carbocycles. The molecular weight excluding hydrogens is 230 g/mol. The van der Waals surface area contributed by atoms with Crippen LogP contribution in [-0.4, -0.2) is 55.2 Å². The van der Waals surface area contributed by atoms with Crippen molar-refractivity contribution < 1.29 is 9.53 Å². The third-order valence-electron chi connectivity index (χ3n) is 4.05. The van der Waals surface area contributed by atoms with Crippen LogP contribution in [0.4, 0.5) is 0 Å². The average molecular weight is 255 g/mol. The smallest absolute Gasteiger partial charge is 0.238 e. The zero-order valence-corrected chi connectivity index (χ0v) is 11.4. The van der Waals surface area contributed by atoms with E-state index in [1.165, 1.54) is 0 Å². The Morgan fingerprint density at radius 1 is 1.39 bits per heavy atom. The molecule has 5 nitrogen and oxygen atoms in total. The van der Waals surface area contributed by atoms with E-state index < -0.39 is 5.54 Å². The van der Waals surface area contributed by atoms with Crippen molar-refractivity contribution in [3.8, 4) is 0 Å². The minimum absolute atomic E-state index is 0.247. The Balaban J connectivity index is 1.86. The predicted octanol–water partition coefficient (Wildman–Crippen LogP) is 0.0932. The van der Waals surface area contributed by atoms with Crippen LogP contribution in [0.25, 0.3) is 0 Å². The summed E-state index contributed by atoms with van der Waals surface area (Å²) < 4.78 is 5.36. The number of ether oxygens (including phenoxy) is 1. The Bertz CT molecular complexity index is 299. The van der Waals surface area contributed by atoms with E-state index in [9.17, 15) is 4.79 Å². The molecule has 1 heterocycles. The van der Waals surface area contributed by atoms with Crippen molar-refractivity contribution in [2.24, 2.45) is 5.73 Å². The molecule has 0 aromatic heterocycles. The van der Waals surface area contributed by atoms with Gasteiger partial charge in [-0.3, -0.25) is 10.1 Å². The first-order valence-electron chi connectivity index (χ1n) is 6.86. The fourth-order valence-electron chi connectivity index (χ4n) is 2.62. The number of hydrogen-bond acceptors (Lipinski definition) is 4. The number of hydrogen-bond donors (Lipinski definition) is 2. The van der Waals surface area contributed by atoms with Crippen LogP contribution in [0.1, 0.15) is 32.6 Å². The van der Waals surface area contributed by atoms with E-state index in [4.69, 9.17) is 10.5 Å². The van der Waals surface area contributed by atoms with Crippen LogP contribution >= 0.6 is 0 Å². The molecule has 1 aliphatic carbocycles. The van der Waals surface area contributed by atoms with Crippen LogP contribution in [0.3, 0.4) is 0 Å². The number of likely N-dealkylation sites (tertiary alicyclic amines) is 1. The first-order valence-corrected chi connectivity index (χ1v) is 6.86. The molecule has 0 spiro atoms. The minimum Gasteiger partial charge on any atom is -0.381 e. The van der Waals surface area contributed by atoms with Gasteiger partial charge in [-0.15, -0.1) is 0 Å². The zero-order valence-electron chi connectivity index (χ0n) is 11.4. The van der Waals surface area contributed by atoms with Gasteiger partial charge in [-0.2, -0.15) is 0 Å². The SMILES string of the molecule is COC1CCN(CC(C)(NC2CC2)C(N)=O)CC1. The van der Waals surface area contributed by atoms with Crippen LogP contribution < -0.4 is 11.1 Å². The number of nitrogens with two attached hydrogens (primary N) is 1. The first kappa shape index (κ1) is 13.8. The molecule has 2 aliphatic rings. The second-order valence-electron chi connectivity index (χ2n) is 5.83. The zero-order chi connectivity index (χ0) is 13.2. The highest BCUT2D eigenvalue weighted by atomic mass is 16.5. The van der Waals surface area contributed by atoms with Crippen LogP contribution in [0, 0.1) is 0 Å². The normalized spacial score (nSPS) is 25.9. The molecule has 18 heavy (non-hydrogen) atoms. The van der Waals surface area contributed by atoms with Gasteiger partial charge in [0.05, 0.1) is 6.10 Å². The molecule has 0 radical (unpaired) electrons. The van der Waals surface area contributed by atoms with E-state index in [-0.39, 0.29) is 5.91 Å². The summed E-state index contributed by atoms with van der Waals surface area (Å²) in [6.45, 7) is 4.59. The molecule has 1 atom stereocenters. The molecule has 0 aromatic carbocycles. The molecule has 5 heteroatoms. The highest BCUT2D eigenvalue weighted by Crippen LogP contribution is 2.24. The molecule has 1 saturated heterocycles. The number of nitrogens with zero attached hydrogens (tertiary/aromatic N) is 1. The molecule has 0 aromatic rings. The van der Waals surface area contributed by atoms with Gasteiger partial charge in [0.15, 0.2) is 0 Å². The molecular formula is C13H25N3O2. The van der Waals surface area contributed by atoms with Gasteiger partial charge >= 0.3 is 0 Å². The maximum atomic E-state index is 11.7. The van der Waals surface area contributed by atoms with Gasteiger partial charge in [0.1, 0.15) is 5.54 Å². The van der Waals surface area contributed by atoms with Gasteiger partial charge in [-0.1, -0.05) is 0 Å². The lowest BCUT2D eigenvalue weighted by Gasteiger charge is -2.37. The summed E-state index contributed by atoms with van der Waals surface area (Å²) in [6, 6.07) is 0.485. The number of methoxy groups -OCH3 is 1. The van der Waals surface area contributed by atoms with Crippen molar-refractivity contribution in [3.05, 3.63) is 0 Å². The standard InChI is InChI=1S/C13H25N3O2/c1-13(12(14)17,15-10-3-4-10)9-16-7-5-11(18-2)6-8-16/h10-11,15H,3-9H2,1-2H3,(H2,14,17). The third-order valence-corrected chi connectivity index (χ3v) is 4.05. The van der Waals surface area contributed by atoms with Gasteiger partial charge in [0, 0.05) is 32.8 Å². The third kappa shape index (κ3) is 3.43. The van der Waals surface area contributed by atoms with E-state index in [0.29, 0.717) is 18.7 Å². The van der Waals surface area contributed by atoms with Crippen molar-refractivity contribution >= 4 is 5.91 Å². The van der Waals surface area contributed by atoms with Crippen LogP contribution in [-0.2, 0) is 9.53 Å². The van der Waals surface area contributed by atoms with Gasteiger partial charge in [0.2, 0.25) is 5.91 Å². The Morgan fingerprint density at radius 3 is 2.44 bits per heavy atom. The topological polar surface area (TPSA) is 67.6 Å². The lowest BCUT2D eigenvalue weighted by Crippen LogP contribution is -2.61. The molecule has 1 amide bonds.